The minimum Gasteiger partial charge on any atom is -0.326 e. The summed E-state index contributed by atoms with van der Waals surface area (Å²) in [5, 5.41) is 0.873. The zero-order valence-electron chi connectivity index (χ0n) is 7.77. The van der Waals surface area contributed by atoms with E-state index in [1.54, 1.807) is 29.9 Å². The minimum atomic E-state index is 0.525. The summed E-state index contributed by atoms with van der Waals surface area (Å²) in [6, 6.07) is 0. The Balaban J connectivity index is 2.34. The van der Waals surface area contributed by atoms with Gasteiger partial charge in [0, 0.05) is 23.8 Å². The predicted molar refractivity (Wildman–Crippen MR) is 55.8 cm³/mol. The fourth-order valence-electron chi connectivity index (χ4n) is 1.02. The fourth-order valence-corrected chi connectivity index (χ4v) is 1.78. The van der Waals surface area contributed by atoms with Crippen molar-refractivity contribution < 1.29 is 0 Å². The molecule has 0 bridgehead atoms. The molecule has 0 atom stereocenters. The van der Waals surface area contributed by atoms with E-state index in [9.17, 15) is 0 Å². The highest BCUT2D eigenvalue weighted by Crippen LogP contribution is 2.22. The maximum atomic E-state index is 5.50. The summed E-state index contributed by atoms with van der Waals surface area (Å²) >= 11 is 1.55. The van der Waals surface area contributed by atoms with Gasteiger partial charge < -0.3 is 5.73 Å². The van der Waals surface area contributed by atoms with Crippen LogP contribution in [-0.2, 0) is 6.54 Å². The van der Waals surface area contributed by atoms with Crippen molar-refractivity contribution in [2.75, 3.05) is 0 Å². The van der Waals surface area contributed by atoms with Crippen LogP contribution in [0.25, 0.3) is 10.7 Å². The van der Waals surface area contributed by atoms with Gasteiger partial charge in [-0.3, -0.25) is 9.97 Å². The van der Waals surface area contributed by atoms with Gasteiger partial charge in [-0.05, 0) is 6.92 Å². The second kappa shape index (κ2) is 3.81. The Hall–Kier alpha value is -1.33. The Morgan fingerprint density at radius 1 is 1.21 bits per heavy atom. The molecular formula is C9H10N4S. The Morgan fingerprint density at radius 3 is 2.64 bits per heavy atom. The lowest BCUT2D eigenvalue weighted by Crippen LogP contribution is -1.91. The molecule has 0 aliphatic carbocycles. The molecule has 72 valence electrons. The summed E-state index contributed by atoms with van der Waals surface area (Å²) < 4.78 is 0. The molecule has 0 fully saturated rings. The van der Waals surface area contributed by atoms with E-state index in [4.69, 9.17) is 5.73 Å². The second-order valence-corrected chi connectivity index (χ2v) is 3.99. The highest BCUT2D eigenvalue weighted by atomic mass is 32.1. The lowest BCUT2D eigenvalue weighted by Gasteiger charge is -1.94. The van der Waals surface area contributed by atoms with Crippen LogP contribution in [0.3, 0.4) is 0 Å². The predicted octanol–water partition coefficient (Wildman–Crippen LogP) is 1.37. The number of rotatable bonds is 2. The molecule has 5 heteroatoms. The third kappa shape index (κ3) is 1.78. The van der Waals surface area contributed by atoms with Crippen molar-refractivity contribution in [2.45, 2.75) is 13.5 Å². The Bertz CT molecular complexity index is 421. The van der Waals surface area contributed by atoms with Crippen LogP contribution in [0, 0.1) is 6.92 Å². The maximum Gasteiger partial charge on any atom is 0.143 e. The summed E-state index contributed by atoms with van der Waals surface area (Å²) in [7, 11) is 0. The van der Waals surface area contributed by atoms with Crippen LogP contribution < -0.4 is 5.73 Å². The van der Waals surface area contributed by atoms with Crippen LogP contribution in [0.5, 0.6) is 0 Å². The summed E-state index contributed by atoms with van der Waals surface area (Å²) in [5.41, 5.74) is 7.21. The van der Waals surface area contributed by atoms with Gasteiger partial charge in [0.25, 0.3) is 0 Å². The third-order valence-corrected chi connectivity index (χ3v) is 2.80. The second-order valence-electron chi connectivity index (χ2n) is 2.88. The van der Waals surface area contributed by atoms with Gasteiger partial charge in [-0.15, -0.1) is 11.3 Å². The molecule has 0 aliphatic heterocycles. The van der Waals surface area contributed by atoms with E-state index in [0.717, 1.165) is 21.3 Å². The molecule has 0 saturated heterocycles. The number of thiazole rings is 1. The first-order valence-electron chi connectivity index (χ1n) is 4.23. The molecular weight excluding hydrogens is 196 g/mol. The van der Waals surface area contributed by atoms with Crippen molar-refractivity contribution >= 4 is 11.3 Å². The molecule has 2 heterocycles. The number of nitrogens with zero attached hydrogens (tertiary/aromatic N) is 3. The summed E-state index contributed by atoms with van der Waals surface area (Å²) in [5.74, 6) is 0. The van der Waals surface area contributed by atoms with Crippen LogP contribution in [0.1, 0.15) is 10.6 Å². The minimum absolute atomic E-state index is 0.525. The Morgan fingerprint density at radius 2 is 2.07 bits per heavy atom. The van der Waals surface area contributed by atoms with Crippen molar-refractivity contribution in [3.8, 4) is 10.7 Å². The SMILES string of the molecule is Cc1cnc(-c2ncc(CN)s2)cn1. The highest BCUT2D eigenvalue weighted by Gasteiger charge is 2.04. The molecule has 0 aromatic carbocycles. The smallest absolute Gasteiger partial charge is 0.143 e. The molecule has 0 spiro atoms. The normalized spacial score (nSPS) is 10.4. The van der Waals surface area contributed by atoms with Crippen molar-refractivity contribution in [3.63, 3.8) is 0 Å². The fraction of sp³-hybridized carbons (Fsp3) is 0.222. The standard InChI is InChI=1S/C9H10N4S/c1-6-3-12-8(5-11-6)9-13-4-7(2-10)14-9/h3-5H,2,10H2,1H3. The topological polar surface area (TPSA) is 64.7 Å². The van der Waals surface area contributed by atoms with Crippen molar-refractivity contribution in [1.82, 2.24) is 15.0 Å². The van der Waals surface area contributed by atoms with E-state index in [2.05, 4.69) is 15.0 Å². The van der Waals surface area contributed by atoms with Gasteiger partial charge >= 0.3 is 0 Å². The number of hydrogen-bond donors (Lipinski definition) is 1. The van der Waals surface area contributed by atoms with E-state index in [-0.39, 0.29) is 0 Å². The molecule has 2 aromatic rings. The largest absolute Gasteiger partial charge is 0.326 e. The molecule has 0 unspecified atom stereocenters. The van der Waals surface area contributed by atoms with Gasteiger partial charge in [0.15, 0.2) is 0 Å². The molecule has 0 radical (unpaired) electrons. The third-order valence-electron chi connectivity index (χ3n) is 1.75. The molecule has 0 aliphatic rings. The summed E-state index contributed by atoms with van der Waals surface area (Å²) in [6.07, 6.45) is 5.24. The first-order valence-corrected chi connectivity index (χ1v) is 5.05. The van der Waals surface area contributed by atoms with Crippen LogP contribution >= 0.6 is 11.3 Å². The van der Waals surface area contributed by atoms with Gasteiger partial charge in [0.2, 0.25) is 0 Å². The van der Waals surface area contributed by atoms with Crippen LogP contribution in [0.15, 0.2) is 18.6 Å². The van der Waals surface area contributed by atoms with Gasteiger partial charge in [-0.25, -0.2) is 4.98 Å². The molecule has 0 amide bonds. The average Bonchev–Trinajstić information content (AvgIpc) is 2.67. The number of nitrogens with two attached hydrogens (primary N) is 1. The van der Waals surface area contributed by atoms with E-state index in [1.165, 1.54) is 0 Å². The summed E-state index contributed by atoms with van der Waals surface area (Å²) in [6.45, 7) is 2.43. The quantitative estimate of drug-likeness (QED) is 0.806. The van der Waals surface area contributed by atoms with Crippen LogP contribution in [0.2, 0.25) is 0 Å². The van der Waals surface area contributed by atoms with Crippen molar-refractivity contribution in [2.24, 2.45) is 5.73 Å². The van der Waals surface area contributed by atoms with E-state index in [0.29, 0.717) is 6.54 Å². The molecule has 2 N–H and O–H groups in total. The Labute approximate surface area is 85.9 Å². The van der Waals surface area contributed by atoms with E-state index in [1.807, 2.05) is 6.92 Å². The monoisotopic (exact) mass is 206 g/mol. The number of hydrogen-bond acceptors (Lipinski definition) is 5. The van der Waals surface area contributed by atoms with Gasteiger partial charge in [-0.1, -0.05) is 0 Å². The first-order chi connectivity index (χ1) is 6.79. The van der Waals surface area contributed by atoms with Crippen molar-refractivity contribution in [3.05, 3.63) is 29.2 Å². The first kappa shape index (κ1) is 9.23. The average molecular weight is 206 g/mol. The lowest BCUT2D eigenvalue weighted by molar-refractivity contribution is 1.09. The van der Waals surface area contributed by atoms with Crippen LogP contribution in [0.4, 0.5) is 0 Å². The van der Waals surface area contributed by atoms with E-state index < -0.39 is 0 Å². The number of aromatic nitrogens is 3. The lowest BCUT2D eigenvalue weighted by atomic mass is 10.4. The molecule has 14 heavy (non-hydrogen) atoms. The van der Waals surface area contributed by atoms with Crippen LogP contribution in [-0.4, -0.2) is 15.0 Å². The van der Waals surface area contributed by atoms with Crippen molar-refractivity contribution in [1.29, 1.82) is 0 Å². The molecule has 0 saturated carbocycles. The molecule has 2 aromatic heterocycles. The highest BCUT2D eigenvalue weighted by molar-refractivity contribution is 7.14. The Kier molecular flexibility index (Phi) is 2.51. The van der Waals surface area contributed by atoms with Gasteiger partial charge in [0.05, 0.1) is 11.9 Å². The molecule has 4 nitrogen and oxygen atoms in total. The van der Waals surface area contributed by atoms with E-state index >= 15 is 0 Å². The zero-order chi connectivity index (χ0) is 9.97. The van der Waals surface area contributed by atoms with Gasteiger partial charge in [0.1, 0.15) is 10.7 Å². The zero-order valence-corrected chi connectivity index (χ0v) is 8.58. The molecule has 2 rings (SSSR count). The summed E-state index contributed by atoms with van der Waals surface area (Å²) in [4.78, 5) is 13.7. The maximum absolute atomic E-state index is 5.50. The number of aryl methyl sites for hydroxylation is 1. The van der Waals surface area contributed by atoms with Gasteiger partial charge in [-0.2, -0.15) is 0 Å².